The van der Waals surface area contributed by atoms with Crippen molar-refractivity contribution < 1.29 is 19.0 Å². The number of carbonyl (C=O) groups is 1. The van der Waals surface area contributed by atoms with Gasteiger partial charge in [-0.3, -0.25) is 13.9 Å². The van der Waals surface area contributed by atoms with Gasteiger partial charge in [0.25, 0.3) is 6.01 Å². The first-order valence-corrected chi connectivity index (χ1v) is 13.4. The molecule has 39 heavy (non-hydrogen) atoms. The smallest absolute Gasteiger partial charge is 0.298 e. The first-order chi connectivity index (χ1) is 18.9. The monoisotopic (exact) mass is 534 g/mol. The Morgan fingerprint density at radius 2 is 1.79 bits per heavy atom. The van der Waals surface area contributed by atoms with Gasteiger partial charge in [-0.25, -0.2) is 4.98 Å². The van der Waals surface area contributed by atoms with E-state index in [4.69, 9.17) is 34.1 Å². The molecule has 4 aromatic rings. The van der Waals surface area contributed by atoms with Gasteiger partial charge >= 0.3 is 0 Å². The van der Waals surface area contributed by atoms with Crippen molar-refractivity contribution in [3.05, 3.63) is 30.1 Å². The molecular formula is C27H34N8O4. The number of fused-ring (bicyclic) bond motifs is 2. The number of aryl methyl sites for hydroxylation is 1. The number of amides is 1. The van der Waals surface area contributed by atoms with Crippen LogP contribution in [0.25, 0.3) is 28.1 Å². The number of imidazole rings is 2. The standard InChI is InChI=1S/C27H34N8O4/c1-16(2)25(36)34-14-18(15-34)39-27-29-21-23(32(27)4)30-26(31-24(21)33-10-12-38-13-11-33)35-20-9-7-6-8-19(20)28-22(35)17(3)37-5/h6-9,16-18H,10-15H2,1-5H3/t17-/m0/s1. The van der Waals surface area contributed by atoms with Gasteiger partial charge < -0.3 is 24.0 Å². The van der Waals surface area contributed by atoms with Crippen molar-refractivity contribution in [3.8, 4) is 12.0 Å². The van der Waals surface area contributed by atoms with Gasteiger partial charge in [-0.1, -0.05) is 26.0 Å². The lowest BCUT2D eigenvalue weighted by Crippen LogP contribution is -2.57. The number of nitrogens with zero attached hydrogens (tertiary/aromatic N) is 8. The van der Waals surface area contributed by atoms with Gasteiger partial charge in [-0.2, -0.15) is 15.0 Å². The van der Waals surface area contributed by atoms with Crippen LogP contribution in [0.5, 0.6) is 6.01 Å². The molecule has 12 nitrogen and oxygen atoms in total. The summed E-state index contributed by atoms with van der Waals surface area (Å²) in [5, 5.41) is 0. The average molecular weight is 535 g/mol. The third-order valence-corrected chi connectivity index (χ3v) is 7.39. The van der Waals surface area contributed by atoms with Gasteiger partial charge in [0, 0.05) is 33.2 Å². The van der Waals surface area contributed by atoms with E-state index in [1.807, 2.05) is 66.1 Å². The molecule has 2 saturated heterocycles. The third kappa shape index (κ3) is 4.47. The minimum atomic E-state index is -0.274. The highest BCUT2D eigenvalue weighted by Gasteiger charge is 2.35. The minimum Gasteiger partial charge on any atom is -0.458 e. The molecule has 1 amide bonds. The van der Waals surface area contributed by atoms with Gasteiger partial charge in [-0.15, -0.1) is 0 Å². The number of ether oxygens (including phenoxy) is 3. The van der Waals surface area contributed by atoms with E-state index in [1.54, 1.807) is 7.11 Å². The van der Waals surface area contributed by atoms with Crippen LogP contribution < -0.4 is 9.64 Å². The largest absolute Gasteiger partial charge is 0.458 e. The van der Waals surface area contributed by atoms with E-state index in [9.17, 15) is 4.79 Å². The number of carbonyl (C=O) groups excluding carboxylic acids is 1. The lowest BCUT2D eigenvalue weighted by atomic mass is 10.1. The molecule has 206 valence electrons. The summed E-state index contributed by atoms with van der Waals surface area (Å²) < 4.78 is 21.3. The zero-order valence-electron chi connectivity index (χ0n) is 23.0. The maximum absolute atomic E-state index is 12.3. The summed E-state index contributed by atoms with van der Waals surface area (Å²) in [5.74, 6) is 2.04. The van der Waals surface area contributed by atoms with Gasteiger partial charge in [0.2, 0.25) is 11.9 Å². The number of anilines is 1. The Hall–Kier alpha value is -3.77. The van der Waals surface area contributed by atoms with Crippen molar-refractivity contribution in [2.75, 3.05) is 51.4 Å². The van der Waals surface area contributed by atoms with Gasteiger partial charge in [-0.05, 0) is 19.1 Å². The van der Waals surface area contributed by atoms with E-state index < -0.39 is 0 Å². The van der Waals surface area contributed by atoms with Crippen LogP contribution in [0.2, 0.25) is 0 Å². The van der Waals surface area contributed by atoms with E-state index in [0.29, 0.717) is 68.3 Å². The number of likely N-dealkylation sites (tertiary alicyclic amines) is 1. The predicted molar refractivity (Wildman–Crippen MR) is 145 cm³/mol. The second kappa shape index (κ2) is 10.1. The SMILES string of the molecule is CO[C@@H](C)c1nc2ccccc2n1-c1nc(N2CCOCC2)c2nc(OC3CN(C(=O)C(C)C)C3)n(C)c2n1. The number of aromatic nitrogens is 6. The normalized spacial score (nSPS) is 17.3. The molecular weight excluding hydrogens is 500 g/mol. The molecule has 0 spiro atoms. The number of hydrogen-bond donors (Lipinski definition) is 0. The van der Waals surface area contributed by atoms with Gasteiger partial charge in [0.15, 0.2) is 17.0 Å². The molecule has 5 heterocycles. The van der Waals surface area contributed by atoms with E-state index in [1.165, 1.54) is 0 Å². The highest BCUT2D eigenvalue weighted by atomic mass is 16.5. The summed E-state index contributed by atoms with van der Waals surface area (Å²) in [5.41, 5.74) is 3.05. The lowest BCUT2D eigenvalue weighted by Gasteiger charge is -2.39. The van der Waals surface area contributed by atoms with Gasteiger partial charge in [0.1, 0.15) is 18.0 Å². The number of rotatable bonds is 7. The van der Waals surface area contributed by atoms with Crippen molar-refractivity contribution in [1.29, 1.82) is 0 Å². The molecule has 0 aliphatic carbocycles. The summed E-state index contributed by atoms with van der Waals surface area (Å²) in [7, 11) is 3.56. The first-order valence-electron chi connectivity index (χ1n) is 13.4. The number of methoxy groups -OCH3 is 1. The molecule has 6 rings (SSSR count). The van der Waals surface area contributed by atoms with Crippen LogP contribution in [-0.4, -0.2) is 92.5 Å². The lowest BCUT2D eigenvalue weighted by molar-refractivity contribution is -0.143. The summed E-state index contributed by atoms with van der Waals surface area (Å²) in [6.07, 6.45) is -0.390. The summed E-state index contributed by atoms with van der Waals surface area (Å²) in [6.45, 7) is 9.48. The van der Waals surface area contributed by atoms with Crippen molar-refractivity contribution >= 4 is 33.9 Å². The van der Waals surface area contributed by atoms with Crippen molar-refractivity contribution in [2.45, 2.75) is 33.0 Å². The molecule has 0 saturated carbocycles. The predicted octanol–water partition coefficient (Wildman–Crippen LogP) is 2.49. The average Bonchev–Trinajstić information content (AvgIpc) is 3.47. The molecule has 0 N–H and O–H groups in total. The number of morpholine rings is 1. The fraction of sp³-hybridized carbons (Fsp3) is 0.519. The molecule has 0 bridgehead atoms. The molecule has 12 heteroatoms. The van der Waals surface area contributed by atoms with E-state index >= 15 is 0 Å². The Balaban J connectivity index is 1.45. The van der Waals surface area contributed by atoms with Crippen LogP contribution in [0, 0.1) is 5.92 Å². The highest BCUT2D eigenvalue weighted by Crippen LogP contribution is 2.32. The van der Waals surface area contributed by atoms with E-state index in [-0.39, 0.29) is 24.0 Å². The summed E-state index contributed by atoms with van der Waals surface area (Å²) in [6, 6.07) is 8.38. The Morgan fingerprint density at radius 1 is 1.05 bits per heavy atom. The molecule has 0 unspecified atom stereocenters. The first kappa shape index (κ1) is 25.5. The van der Waals surface area contributed by atoms with Crippen molar-refractivity contribution in [3.63, 3.8) is 0 Å². The quantitative estimate of drug-likeness (QED) is 0.353. The molecule has 2 fully saturated rings. The van der Waals surface area contributed by atoms with Crippen LogP contribution in [0.1, 0.15) is 32.7 Å². The zero-order chi connectivity index (χ0) is 27.3. The Bertz CT molecular complexity index is 1520. The molecule has 0 radical (unpaired) electrons. The number of hydrogen-bond acceptors (Lipinski definition) is 9. The van der Waals surface area contributed by atoms with E-state index in [2.05, 4.69) is 4.90 Å². The maximum Gasteiger partial charge on any atom is 0.298 e. The van der Waals surface area contributed by atoms with Crippen molar-refractivity contribution in [1.82, 2.24) is 34.0 Å². The van der Waals surface area contributed by atoms with Crippen LogP contribution >= 0.6 is 0 Å². The van der Waals surface area contributed by atoms with Crippen LogP contribution in [-0.2, 0) is 21.3 Å². The van der Waals surface area contributed by atoms with Crippen LogP contribution in [0.4, 0.5) is 5.82 Å². The highest BCUT2D eigenvalue weighted by molar-refractivity contribution is 5.86. The van der Waals surface area contributed by atoms with Crippen molar-refractivity contribution in [2.24, 2.45) is 13.0 Å². The Kier molecular flexibility index (Phi) is 6.59. The minimum absolute atomic E-state index is 0.0311. The number of benzene rings is 1. The van der Waals surface area contributed by atoms with Gasteiger partial charge in [0.05, 0.1) is 37.3 Å². The Morgan fingerprint density at radius 3 is 2.51 bits per heavy atom. The second-order valence-corrected chi connectivity index (χ2v) is 10.4. The molecule has 1 aromatic carbocycles. The third-order valence-electron chi connectivity index (χ3n) is 7.39. The van der Waals surface area contributed by atoms with Crippen LogP contribution in [0.3, 0.4) is 0 Å². The molecule has 2 aliphatic rings. The molecule has 3 aromatic heterocycles. The number of para-hydroxylation sites is 2. The molecule has 2 aliphatic heterocycles. The van der Waals surface area contributed by atoms with E-state index in [0.717, 1.165) is 16.9 Å². The topological polar surface area (TPSA) is 113 Å². The maximum atomic E-state index is 12.3. The molecule has 1 atom stereocenters. The fourth-order valence-corrected chi connectivity index (χ4v) is 5.06. The Labute approximate surface area is 226 Å². The fourth-order valence-electron chi connectivity index (χ4n) is 5.06. The summed E-state index contributed by atoms with van der Waals surface area (Å²) >= 11 is 0. The van der Waals surface area contributed by atoms with Crippen LogP contribution in [0.15, 0.2) is 24.3 Å². The second-order valence-electron chi connectivity index (χ2n) is 10.4. The summed E-state index contributed by atoms with van der Waals surface area (Å²) in [4.78, 5) is 36.0. The zero-order valence-corrected chi connectivity index (χ0v) is 23.0.